The second-order valence-electron chi connectivity index (χ2n) is 6.67. The lowest BCUT2D eigenvalue weighted by atomic mass is 9.93. The number of aldehydes is 1. The Morgan fingerprint density at radius 2 is 1.73 bits per heavy atom. The van der Waals surface area contributed by atoms with Gasteiger partial charge in [-0.1, -0.05) is 50.1 Å². The van der Waals surface area contributed by atoms with Gasteiger partial charge >= 0.3 is 0 Å². The van der Waals surface area contributed by atoms with E-state index in [1.165, 1.54) is 6.92 Å². The fourth-order valence-electron chi connectivity index (χ4n) is 3.04. The lowest BCUT2D eigenvalue weighted by Gasteiger charge is -2.24. The van der Waals surface area contributed by atoms with Gasteiger partial charge in [0, 0.05) is 24.5 Å². The highest BCUT2D eigenvalue weighted by molar-refractivity contribution is 9.24. The van der Waals surface area contributed by atoms with E-state index in [4.69, 9.17) is 14.2 Å². The first-order chi connectivity index (χ1) is 14.4. The van der Waals surface area contributed by atoms with Crippen molar-refractivity contribution in [1.29, 1.82) is 0 Å². The minimum Gasteiger partial charge on any atom is -0.497 e. The molecule has 0 aliphatic heterocycles. The molecule has 6 nitrogen and oxygen atoms in total. The number of rotatable bonds is 11. The van der Waals surface area contributed by atoms with Crippen molar-refractivity contribution in [2.45, 2.75) is 35.6 Å². The zero-order valence-corrected chi connectivity index (χ0v) is 20.2. The summed E-state index contributed by atoms with van der Waals surface area (Å²) in [5.74, 6) is 1.34. The van der Waals surface area contributed by atoms with Gasteiger partial charge in [0.05, 0.1) is 24.0 Å². The average molecular weight is 543 g/mol. The summed E-state index contributed by atoms with van der Waals surface area (Å²) in [7, 11) is 3.19. The fraction of sp³-hybridized carbons (Fsp3) is 0.364. The summed E-state index contributed by atoms with van der Waals surface area (Å²) < 4.78 is 16.5. The molecule has 0 aromatic heterocycles. The van der Waals surface area contributed by atoms with Crippen LogP contribution < -0.4 is 19.5 Å². The number of ether oxygens (including phenoxy) is 3. The van der Waals surface area contributed by atoms with E-state index in [2.05, 4.69) is 37.2 Å². The maximum atomic E-state index is 11.9. The maximum absolute atomic E-state index is 11.9. The maximum Gasteiger partial charge on any atom is 0.217 e. The molecule has 2 unspecified atom stereocenters. The topological polar surface area (TPSA) is 73.9 Å². The molecule has 8 heteroatoms. The lowest BCUT2D eigenvalue weighted by Crippen LogP contribution is -2.38. The minimum absolute atomic E-state index is 0.162. The zero-order chi connectivity index (χ0) is 22.1. The molecule has 2 aromatic carbocycles. The Morgan fingerprint density at radius 1 is 1.10 bits per heavy atom. The van der Waals surface area contributed by atoms with Crippen LogP contribution in [0.1, 0.15) is 30.4 Å². The Hall–Kier alpha value is -2.06. The third-order valence-corrected chi connectivity index (χ3v) is 5.77. The number of carbonyl (C=O) groups is 2. The van der Waals surface area contributed by atoms with Gasteiger partial charge in [-0.3, -0.25) is 4.79 Å². The van der Waals surface area contributed by atoms with E-state index in [0.717, 1.165) is 17.4 Å². The van der Waals surface area contributed by atoms with Gasteiger partial charge in [-0.2, -0.15) is 0 Å². The van der Waals surface area contributed by atoms with Crippen LogP contribution in [0.2, 0.25) is 0 Å². The number of carbonyl (C=O) groups excluding carboxylic acids is 2. The molecular weight excluding hydrogens is 518 g/mol. The summed E-state index contributed by atoms with van der Waals surface area (Å²) in [5.41, 5.74) is 1.64. The molecule has 0 spiro atoms. The highest BCUT2D eigenvalue weighted by Crippen LogP contribution is 2.32. The molecule has 2 aromatic rings. The van der Waals surface area contributed by atoms with Gasteiger partial charge in [0.25, 0.3) is 0 Å². The van der Waals surface area contributed by atoms with Crippen molar-refractivity contribution < 1.29 is 23.8 Å². The van der Waals surface area contributed by atoms with Gasteiger partial charge in [0.1, 0.15) is 30.1 Å². The summed E-state index contributed by atoms with van der Waals surface area (Å²) in [4.78, 5) is 23.4. The van der Waals surface area contributed by atoms with Crippen molar-refractivity contribution in [1.82, 2.24) is 5.32 Å². The second kappa shape index (κ2) is 12.0. The molecule has 0 radical (unpaired) electrons. The van der Waals surface area contributed by atoms with Gasteiger partial charge in [-0.15, -0.1) is 0 Å². The van der Waals surface area contributed by atoms with Crippen LogP contribution in [0.4, 0.5) is 0 Å². The smallest absolute Gasteiger partial charge is 0.217 e. The van der Waals surface area contributed by atoms with Crippen molar-refractivity contribution in [2.75, 3.05) is 14.2 Å². The second-order valence-corrected chi connectivity index (χ2v) is 9.87. The summed E-state index contributed by atoms with van der Waals surface area (Å²) in [6, 6.07) is 12.7. The quantitative estimate of drug-likeness (QED) is 0.332. The molecule has 2 rings (SSSR count). The number of para-hydroxylation sites is 1. The van der Waals surface area contributed by atoms with E-state index in [-0.39, 0.29) is 22.3 Å². The highest BCUT2D eigenvalue weighted by Gasteiger charge is 2.25. The van der Waals surface area contributed by atoms with Crippen LogP contribution >= 0.6 is 31.9 Å². The first kappa shape index (κ1) is 24.2. The third kappa shape index (κ3) is 7.02. The van der Waals surface area contributed by atoms with Crippen LogP contribution in [0.15, 0.2) is 42.5 Å². The Morgan fingerprint density at radius 3 is 2.27 bits per heavy atom. The zero-order valence-electron chi connectivity index (χ0n) is 17.1. The molecule has 1 amide bonds. The van der Waals surface area contributed by atoms with Crippen LogP contribution in [-0.4, -0.2) is 36.2 Å². The van der Waals surface area contributed by atoms with E-state index < -0.39 is 5.92 Å². The third-order valence-electron chi connectivity index (χ3n) is 4.49. The Kier molecular flexibility index (Phi) is 9.65. The summed E-state index contributed by atoms with van der Waals surface area (Å²) in [6.45, 7) is 1.73. The lowest BCUT2D eigenvalue weighted by molar-refractivity contribution is -0.120. The summed E-state index contributed by atoms with van der Waals surface area (Å²) >= 11 is 6.88. The van der Waals surface area contributed by atoms with Crippen LogP contribution in [0, 0.1) is 0 Å². The van der Waals surface area contributed by atoms with E-state index in [1.54, 1.807) is 20.3 Å². The number of methoxy groups -OCH3 is 2. The van der Waals surface area contributed by atoms with E-state index >= 15 is 0 Å². The molecular formula is C22H25Br2NO5. The number of benzene rings is 2. The van der Waals surface area contributed by atoms with Crippen molar-refractivity contribution in [3.05, 3.63) is 53.6 Å². The van der Waals surface area contributed by atoms with Crippen LogP contribution in [0.3, 0.4) is 0 Å². The number of hydrogen-bond acceptors (Lipinski definition) is 5. The van der Waals surface area contributed by atoms with Gasteiger partial charge < -0.3 is 24.3 Å². The Bertz CT molecular complexity index is 837. The molecule has 2 atom stereocenters. The van der Waals surface area contributed by atoms with E-state index in [0.29, 0.717) is 23.7 Å². The van der Waals surface area contributed by atoms with Crippen molar-refractivity contribution in [3.63, 3.8) is 0 Å². The molecule has 30 heavy (non-hydrogen) atoms. The summed E-state index contributed by atoms with van der Waals surface area (Å²) in [6.07, 6.45) is 1.30. The van der Waals surface area contributed by atoms with Gasteiger partial charge in [-0.25, -0.2) is 0 Å². The summed E-state index contributed by atoms with van der Waals surface area (Å²) in [5, 5.41) is 2.86. The molecule has 0 heterocycles. The Labute approximate surface area is 193 Å². The fourth-order valence-corrected chi connectivity index (χ4v) is 3.74. The van der Waals surface area contributed by atoms with Crippen LogP contribution in [0.25, 0.3) is 0 Å². The monoisotopic (exact) mass is 541 g/mol. The molecule has 0 fully saturated rings. The highest BCUT2D eigenvalue weighted by atomic mass is 79.9. The molecule has 0 saturated carbocycles. The molecule has 0 saturated heterocycles. The molecule has 162 valence electrons. The van der Waals surface area contributed by atoms with Crippen LogP contribution in [-0.2, 0) is 16.2 Å². The van der Waals surface area contributed by atoms with Crippen LogP contribution in [0.5, 0.6) is 17.2 Å². The number of alkyl halides is 2. The largest absolute Gasteiger partial charge is 0.497 e. The van der Waals surface area contributed by atoms with Gasteiger partial charge in [0.2, 0.25) is 5.91 Å². The molecule has 1 N–H and O–H groups in total. The minimum atomic E-state index is -0.449. The van der Waals surface area contributed by atoms with Gasteiger partial charge in [-0.05, 0) is 30.2 Å². The van der Waals surface area contributed by atoms with Crippen molar-refractivity contribution in [2.24, 2.45) is 0 Å². The van der Waals surface area contributed by atoms with Gasteiger partial charge in [0.15, 0.2) is 0 Å². The molecule has 0 aliphatic rings. The average Bonchev–Trinajstić information content (AvgIpc) is 2.74. The number of amides is 1. The number of hydrogen-bond donors (Lipinski definition) is 1. The standard InChI is InChI=1S/C22H25Br2NO5/c1-14(27)25-20(22(23)24)10-16(12-26)19-6-4-5-7-21(19)30-13-15-8-17(28-2)11-18(9-15)29-3/h4-9,11-12,16,20,22H,10,13H2,1-3H3,(H,25,27). The normalized spacial score (nSPS) is 12.7. The SMILES string of the molecule is COc1cc(COc2ccccc2C(C=O)CC(NC(C)=O)C(Br)Br)cc(OC)c1. The Balaban J connectivity index is 2.22. The van der Waals surface area contributed by atoms with Crippen molar-refractivity contribution >= 4 is 44.1 Å². The van der Waals surface area contributed by atoms with E-state index in [1.807, 2.05) is 36.4 Å². The predicted molar refractivity (Wildman–Crippen MR) is 123 cm³/mol. The molecule has 0 bridgehead atoms. The van der Waals surface area contributed by atoms with E-state index in [9.17, 15) is 9.59 Å². The molecule has 0 aliphatic carbocycles. The number of halogens is 2. The number of nitrogens with one attached hydrogen (secondary N) is 1. The first-order valence-electron chi connectivity index (χ1n) is 9.32. The first-order valence-corrected chi connectivity index (χ1v) is 11.1. The van der Waals surface area contributed by atoms with Crippen molar-refractivity contribution in [3.8, 4) is 17.2 Å². The predicted octanol–water partition coefficient (Wildman–Crippen LogP) is 4.58.